The zero-order chi connectivity index (χ0) is 15.8. The van der Waals surface area contributed by atoms with Crippen molar-refractivity contribution in [2.45, 2.75) is 38.8 Å². The van der Waals surface area contributed by atoms with Gasteiger partial charge in [-0.15, -0.1) is 0 Å². The van der Waals surface area contributed by atoms with E-state index in [1.165, 1.54) is 18.0 Å². The quantitative estimate of drug-likeness (QED) is 0.812. The molecule has 1 rings (SSSR count). The van der Waals surface area contributed by atoms with Crippen LogP contribution in [-0.2, 0) is 11.3 Å². The second-order valence-electron chi connectivity index (χ2n) is 4.93. The number of aliphatic carboxylic acids is 1. The highest BCUT2D eigenvalue weighted by Crippen LogP contribution is 2.09. The second kappa shape index (κ2) is 8.24. The van der Waals surface area contributed by atoms with Crippen LogP contribution >= 0.6 is 0 Å². The fourth-order valence-electron chi connectivity index (χ4n) is 1.88. The SMILES string of the molecule is CCCCC(NC(=O)N(C)Cc1ccccc1F)C(=O)O. The number of unbranched alkanes of at least 4 members (excludes halogenated alkanes) is 1. The molecule has 6 heteroatoms. The van der Waals surface area contributed by atoms with Crippen molar-refractivity contribution in [3.05, 3.63) is 35.6 Å². The second-order valence-corrected chi connectivity index (χ2v) is 4.93. The highest BCUT2D eigenvalue weighted by atomic mass is 19.1. The molecule has 0 aliphatic heterocycles. The summed E-state index contributed by atoms with van der Waals surface area (Å²) in [6, 6.07) is 4.73. The molecule has 21 heavy (non-hydrogen) atoms. The number of hydrogen-bond acceptors (Lipinski definition) is 2. The van der Waals surface area contributed by atoms with Gasteiger partial charge in [0.05, 0.1) is 0 Å². The van der Waals surface area contributed by atoms with Crippen molar-refractivity contribution in [1.82, 2.24) is 10.2 Å². The van der Waals surface area contributed by atoms with Crippen LogP contribution in [0.1, 0.15) is 31.7 Å². The summed E-state index contributed by atoms with van der Waals surface area (Å²) in [4.78, 5) is 24.3. The summed E-state index contributed by atoms with van der Waals surface area (Å²) >= 11 is 0. The van der Waals surface area contributed by atoms with Crippen LogP contribution in [0.4, 0.5) is 9.18 Å². The molecule has 5 nitrogen and oxygen atoms in total. The number of hydrogen-bond donors (Lipinski definition) is 2. The minimum absolute atomic E-state index is 0.0820. The molecule has 0 spiro atoms. The van der Waals surface area contributed by atoms with Crippen LogP contribution in [0.25, 0.3) is 0 Å². The van der Waals surface area contributed by atoms with Gasteiger partial charge in [-0.2, -0.15) is 0 Å². The van der Waals surface area contributed by atoms with Crippen LogP contribution in [0.3, 0.4) is 0 Å². The van der Waals surface area contributed by atoms with Crippen molar-refractivity contribution in [3.8, 4) is 0 Å². The zero-order valence-electron chi connectivity index (χ0n) is 12.3. The van der Waals surface area contributed by atoms with E-state index in [9.17, 15) is 14.0 Å². The summed E-state index contributed by atoms with van der Waals surface area (Å²) in [5, 5.41) is 11.5. The van der Waals surface area contributed by atoms with Crippen LogP contribution in [0.2, 0.25) is 0 Å². The number of nitrogens with zero attached hydrogens (tertiary/aromatic N) is 1. The van der Waals surface area contributed by atoms with Gasteiger partial charge >= 0.3 is 12.0 Å². The number of carboxylic acids is 1. The molecule has 0 saturated carbocycles. The predicted octanol–water partition coefficient (Wildman–Crippen LogP) is 2.61. The van der Waals surface area contributed by atoms with E-state index < -0.39 is 23.9 Å². The third-order valence-electron chi connectivity index (χ3n) is 3.15. The Morgan fingerprint density at radius 3 is 2.62 bits per heavy atom. The molecule has 1 atom stereocenters. The Hall–Kier alpha value is -2.11. The van der Waals surface area contributed by atoms with Crippen molar-refractivity contribution in [2.24, 2.45) is 0 Å². The van der Waals surface area contributed by atoms with Crippen LogP contribution in [0.5, 0.6) is 0 Å². The van der Waals surface area contributed by atoms with Gasteiger partial charge < -0.3 is 15.3 Å². The molecule has 116 valence electrons. The molecule has 1 aromatic carbocycles. The largest absolute Gasteiger partial charge is 0.480 e. The van der Waals surface area contributed by atoms with Crippen LogP contribution in [0.15, 0.2) is 24.3 Å². The molecule has 1 unspecified atom stereocenters. The molecule has 0 aliphatic rings. The van der Waals surface area contributed by atoms with E-state index in [1.807, 2.05) is 6.92 Å². The van der Waals surface area contributed by atoms with Gasteiger partial charge in [0.25, 0.3) is 0 Å². The third kappa shape index (κ3) is 5.41. The van der Waals surface area contributed by atoms with Gasteiger partial charge in [-0.3, -0.25) is 0 Å². The van der Waals surface area contributed by atoms with Crippen molar-refractivity contribution in [1.29, 1.82) is 0 Å². The van der Waals surface area contributed by atoms with Crippen LogP contribution in [-0.4, -0.2) is 35.1 Å². The van der Waals surface area contributed by atoms with Crippen molar-refractivity contribution < 1.29 is 19.1 Å². The molecule has 0 saturated heterocycles. The normalized spacial score (nSPS) is 11.8. The topological polar surface area (TPSA) is 69.6 Å². The number of nitrogens with one attached hydrogen (secondary N) is 1. The standard InChI is InChI=1S/C15H21FN2O3/c1-3-4-9-13(14(19)20)17-15(21)18(2)10-11-7-5-6-8-12(11)16/h5-8,13H,3-4,9-10H2,1-2H3,(H,17,21)(H,19,20). The number of benzene rings is 1. The number of rotatable bonds is 7. The first kappa shape index (κ1) is 16.9. The fourth-order valence-corrected chi connectivity index (χ4v) is 1.88. The highest BCUT2D eigenvalue weighted by Gasteiger charge is 2.21. The maximum absolute atomic E-state index is 13.5. The first-order valence-corrected chi connectivity index (χ1v) is 6.93. The Kier molecular flexibility index (Phi) is 6.65. The van der Waals surface area contributed by atoms with Gasteiger partial charge in [0, 0.05) is 19.2 Å². The molecule has 0 aromatic heterocycles. The third-order valence-corrected chi connectivity index (χ3v) is 3.15. The minimum atomic E-state index is -1.06. The first-order valence-electron chi connectivity index (χ1n) is 6.93. The monoisotopic (exact) mass is 296 g/mol. The predicted molar refractivity (Wildman–Crippen MR) is 77.3 cm³/mol. The van der Waals surface area contributed by atoms with Crippen molar-refractivity contribution >= 4 is 12.0 Å². The lowest BCUT2D eigenvalue weighted by atomic mass is 10.1. The molecular formula is C15H21FN2O3. The molecule has 0 heterocycles. The highest BCUT2D eigenvalue weighted by molar-refractivity contribution is 5.82. The van der Waals surface area contributed by atoms with E-state index in [0.717, 1.165) is 6.42 Å². The summed E-state index contributed by atoms with van der Waals surface area (Å²) in [6.07, 6.45) is 1.95. The van der Waals surface area contributed by atoms with Gasteiger partial charge in [-0.25, -0.2) is 14.0 Å². The van der Waals surface area contributed by atoms with Gasteiger partial charge in [0.1, 0.15) is 11.9 Å². The molecule has 2 N–H and O–H groups in total. The number of carboxylic acid groups (broad SMARTS) is 1. The Bertz CT molecular complexity index is 494. The maximum atomic E-state index is 13.5. The molecule has 0 aliphatic carbocycles. The smallest absolute Gasteiger partial charge is 0.326 e. The lowest BCUT2D eigenvalue weighted by Crippen LogP contribution is -2.46. The van der Waals surface area contributed by atoms with Crippen molar-refractivity contribution in [3.63, 3.8) is 0 Å². The number of carbonyl (C=O) groups excluding carboxylic acids is 1. The van der Waals surface area contributed by atoms with Crippen LogP contribution in [0, 0.1) is 5.82 Å². The maximum Gasteiger partial charge on any atom is 0.326 e. The first-order chi connectivity index (χ1) is 9.95. The van der Waals surface area contributed by atoms with E-state index >= 15 is 0 Å². The summed E-state index contributed by atoms with van der Waals surface area (Å²) in [5.74, 6) is -1.45. The van der Waals surface area contributed by atoms with Crippen molar-refractivity contribution in [2.75, 3.05) is 7.05 Å². The van der Waals surface area contributed by atoms with Gasteiger partial charge in [0.15, 0.2) is 0 Å². The number of halogens is 1. The summed E-state index contributed by atoms with van der Waals surface area (Å²) in [6.45, 7) is 2.03. The average molecular weight is 296 g/mol. The molecule has 1 aromatic rings. The molecule has 0 bridgehead atoms. The Morgan fingerprint density at radius 2 is 2.05 bits per heavy atom. The lowest BCUT2D eigenvalue weighted by Gasteiger charge is -2.21. The van der Waals surface area contributed by atoms with Gasteiger partial charge in [-0.1, -0.05) is 38.0 Å². The zero-order valence-corrected chi connectivity index (χ0v) is 12.3. The molecule has 0 fully saturated rings. The molecule has 0 radical (unpaired) electrons. The number of amides is 2. The Morgan fingerprint density at radius 1 is 1.38 bits per heavy atom. The molecular weight excluding hydrogens is 275 g/mol. The average Bonchev–Trinajstić information content (AvgIpc) is 2.45. The van der Waals surface area contributed by atoms with E-state index in [2.05, 4.69) is 5.32 Å². The fraction of sp³-hybridized carbons (Fsp3) is 0.467. The van der Waals surface area contributed by atoms with Crippen LogP contribution < -0.4 is 5.32 Å². The molecule has 2 amide bonds. The summed E-state index contributed by atoms with van der Waals surface area (Å²) in [5.41, 5.74) is 0.385. The summed E-state index contributed by atoms with van der Waals surface area (Å²) < 4.78 is 13.5. The van der Waals surface area contributed by atoms with E-state index in [-0.39, 0.29) is 6.54 Å². The van der Waals surface area contributed by atoms with E-state index in [0.29, 0.717) is 18.4 Å². The number of carbonyl (C=O) groups is 2. The minimum Gasteiger partial charge on any atom is -0.480 e. The van der Waals surface area contributed by atoms with E-state index in [4.69, 9.17) is 5.11 Å². The van der Waals surface area contributed by atoms with Gasteiger partial charge in [-0.05, 0) is 12.5 Å². The Labute approximate surface area is 123 Å². The Balaban J connectivity index is 2.61. The van der Waals surface area contributed by atoms with E-state index in [1.54, 1.807) is 18.2 Å². The van der Waals surface area contributed by atoms with Gasteiger partial charge in [0.2, 0.25) is 0 Å². The summed E-state index contributed by atoms with van der Waals surface area (Å²) in [7, 11) is 1.50. The lowest BCUT2D eigenvalue weighted by molar-refractivity contribution is -0.139. The number of urea groups is 1.